The molecule has 4 aromatic heterocycles. The lowest BCUT2D eigenvalue weighted by atomic mass is 10.1. The second-order valence-electron chi connectivity index (χ2n) is 6.57. The largest absolute Gasteiger partial charge is 0.611 e. The minimum absolute atomic E-state index is 0.501. The van der Waals surface area contributed by atoms with Crippen LogP contribution in [-0.4, -0.2) is 43.5 Å². The van der Waals surface area contributed by atoms with E-state index in [1.54, 1.807) is 32.0 Å². The lowest BCUT2D eigenvalue weighted by Gasteiger charge is -2.10. The number of pyridine rings is 2. The Morgan fingerprint density at radius 1 is 1.31 bits per heavy atom. The molecule has 4 aromatic rings. The average molecular weight is 428 g/mol. The summed E-state index contributed by atoms with van der Waals surface area (Å²) in [6, 6.07) is 5.84. The van der Waals surface area contributed by atoms with Crippen molar-refractivity contribution < 1.29 is 9.29 Å². The first kappa shape index (κ1) is 19.8. The molecule has 4 rings (SSSR count). The van der Waals surface area contributed by atoms with Crippen LogP contribution in [0.25, 0.3) is 32.7 Å². The Bertz CT molecular complexity index is 1130. The SMILES string of the molecule is COCCC[S@+]([O-])c1sc2nc(-c3cccnc3)cc(-c3cncn3C)c2c1N. The molecule has 7 nitrogen and oxygen atoms in total. The smallest absolute Gasteiger partial charge is 0.232 e. The van der Waals surface area contributed by atoms with Crippen molar-refractivity contribution in [3.63, 3.8) is 0 Å². The van der Waals surface area contributed by atoms with Crippen molar-refractivity contribution in [2.24, 2.45) is 7.05 Å². The number of nitrogens with zero attached hydrogens (tertiary/aromatic N) is 4. The van der Waals surface area contributed by atoms with Crippen LogP contribution in [0.2, 0.25) is 0 Å². The fourth-order valence-corrected chi connectivity index (χ4v) is 5.80. The molecule has 9 heteroatoms. The van der Waals surface area contributed by atoms with Crippen molar-refractivity contribution >= 4 is 38.4 Å². The molecular formula is C20H21N5O2S2. The third-order valence-electron chi connectivity index (χ3n) is 4.60. The normalized spacial score (nSPS) is 12.5. The zero-order valence-electron chi connectivity index (χ0n) is 16.2. The molecule has 0 spiro atoms. The first-order valence-corrected chi connectivity index (χ1v) is 11.2. The van der Waals surface area contributed by atoms with E-state index in [1.165, 1.54) is 11.3 Å². The third-order valence-corrected chi connectivity index (χ3v) is 7.59. The maximum Gasteiger partial charge on any atom is 0.232 e. The van der Waals surface area contributed by atoms with Gasteiger partial charge in [-0.1, -0.05) is 11.3 Å². The topological polar surface area (TPSA) is 102 Å². The maximum atomic E-state index is 12.9. The number of rotatable bonds is 7. The van der Waals surface area contributed by atoms with Crippen LogP contribution < -0.4 is 5.73 Å². The highest BCUT2D eigenvalue weighted by molar-refractivity contribution is 7.93. The van der Waals surface area contributed by atoms with Crippen LogP contribution in [0, 0.1) is 0 Å². The Kier molecular flexibility index (Phi) is 5.81. The number of aryl methyl sites for hydroxylation is 1. The van der Waals surface area contributed by atoms with E-state index in [-0.39, 0.29) is 0 Å². The first-order valence-electron chi connectivity index (χ1n) is 9.07. The van der Waals surface area contributed by atoms with Gasteiger partial charge >= 0.3 is 0 Å². The van der Waals surface area contributed by atoms with Crippen molar-refractivity contribution in [2.75, 3.05) is 25.2 Å². The molecule has 0 saturated heterocycles. The van der Waals surface area contributed by atoms with Gasteiger partial charge in [0.25, 0.3) is 0 Å². The highest BCUT2D eigenvalue weighted by atomic mass is 32.2. The molecule has 0 aliphatic rings. The fourth-order valence-electron chi connectivity index (χ4n) is 3.18. The zero-order valence-corrected chi connectivity index (χ0v) is 17.8. The van der Waals surface area contributed by atoms with E-state index in [0.29, 0.717) is 28.7 Å². The first-order chi connectivity index (χ1) is 14.1. The van der Waals surface area contributed by atoms with Crippen molar-refractivity contribution in [2.45, 2.75) is 10.6 Å². The van der Waals surface area contributed by atoms with Crippen molar-refractivity contribution in [3.8, 4) is 22.5 Å². The highest BCUT2D eigenvalue weighted by Gasteiger charge is 2.25. The van der Waals surface area contributed by atoms with Gasteiger partial charge in [-0.25, -0.2) is 9.97 Å². The number of methoxy groups -OCH3 is 1. The number of imidazole rings is 1. The molecule has 0 amide bonds. The number of hydrogen-bond donors (Lipinski definition) is 1. The second kappa shape index (κ2) is 8.50. The van der Waals surface area contributed by atoms with Gasteiger partial charge in [0.1, 0.15) is 16.3 Å². The van der Waals surface area contributed by atoms with Crippen LogP contribution in [0.15, 0.2) is 47.3 Å². The Morgan fingerprint density at radius 3 is 2.86 bits per heavy atom. The minimum atomic E-state index is -1.20. The van der Waals surface area contributed by atoms with Crippen LogP contribution >= 0.6 is 11.3 Å². The van der Waals surface area contributed by atoms with Gasteiger partial charge in [-0.15, -0.1) is 0 Å². The summed E-state index contributed by atoms with van der Waals surface area (Å²) in [5.41, 5.74) is 10.6. The molecule has 1 atom stereocenters. The molecule has 0 unspecified atom stereocenters. The van der Waals surface area contributed by atoms with Crippen molar-refractivity contribution in [1.82, 2.24) is 19.5 Å². The summed E-state index contributed by atoms with van der Waals surface area (Å²) < 4.78 is 20.5. The molecule has 29 heavy (non-hydrogen) atoms. The summed E-state index contributed by atoms with van der Waals surface area (Å²) in [5.74, 6) is 0.501. The monoisotopic (exact) mass is 427 g/mol. The molecule has 0 aromatic carbocycles. The van der Waals surface area contributed by atoms with Gasteiger partial charge < -0.3 is 19.6 Å². The number of hydrogen-bond acceptors (Lipinski definition) is 7. The fraction of sp³-hybridized carbons (Fsp3) is 0.250. The molecular weight excluding hydrogens is 406 g/mol. The number of nitrogen functional groups attached to an aromatic ring is 1. The van der Waals surface area contributed by atoms with Gasteiger partial charge in [0.05, 0.1) is 30.5 Å². The number of nitrogens with two attached hydrogens (primary N) is 1. The Labute approximate surface area is 175 Å². The number of aromatic nitrogens is 4. The van der Waals surface area contributed by atoms with E-state index in [9.17, 15) is 4.55 Å². The number of anilines is 1. The van der Waals surface area contributed by atoms with Crippen molar-refractivity contribution in [3.05, 3.63) is 43.1 Å². The van der Waals surface area contributed by atoms with Gasteiger partial charge in [-0.05, 0) is 29.4 Å². The molecule has 0 aliphatic heterocycles. The number of thiophene rings is 1. The maximum absolute atomic E-state index is 12.9. The quantitative estimate of drug-likeness (QED) is 0.358. The molecule has 0 saturated carbocycles. The lowest BCUT2D eigenvalue weighted by molar-refractivity contribution is 0.199. The predicted molar refractivity (Wildman–Crippen MR) is 117 cm³/mol. The predicted octanol–water partition coefficient (Wildman–Crippen LogP) is 3.49. The highest BCUT2D eigenvalue weighted by Crippen LogP contribution is 2.43. The van der Waals surface area contributed by atoms with E-state index < -0.39 is 11.2 Å². The van der Waals surface area contributed by atoms with Crippen LogP contribution in [0.3, 0.4) is 0 Å². The number of ether oxygens (including phenoxy) is 1. The summed E-state index contributed by atoms with van der Waals surface area (Å²) in [7, 11) is 3.57. The molecule has 4 heterocycles. The average Bonchev–Trinajstić information content (AvgIpc) is 3.31. The van der Waals surface area contributed by atoms with E-state index in [0.717, 1.165) is 32.7 Å². The molecule has 0 aliphatic carbocycles. The molecule has 0 bridgehead atoms. The summed E-state index contributed by atoms with van der Waals surface area (Å²) in [6.07, 6.45) is 7.77. The lowest BCUT2D eigenvalue weighted by Crippen LogP contribution is -2.09. The summed E-state index contributed by atoms with van der Waals surface area (Å²) >= 11 is 0.187. The van der Waals surface area contributed by atoms with E-state index in [2.05, 4.69) is 9.97 Å². The second-order valence-corrected chi connectivity index (χ2v) is 9.33. The van der Waals surface area contributed by atoms with Crippen LogP contribution in [0.1, 0.15) is 6.42 Å². The van der Waals surface area contributed by atoms with Gasteiger partial charge in [-0.2, -0.15) is 0 Å². The Hall–Kier alpha value is -2.46. The summed E-state index contributed by atoms with van der Waals surface area (Å²) in [4.78, 5) is 14.0. The molecule has 0 radical (unpaired) electrons. The van der Waals surface area contributed by atoms with Gasteiger partial charge in [0.2, 0.25) is 4.21 Å². The molecule has 0 fully saturated rings. The number of fused-ring (bicyclic) bond motifs is 1. The standard InChI is InChI=1S/C20H21N5O2S2/c1-25-12-23-11-16(25)14-9-15(13-5-3-6-22-10-13)24-19-17(14)18(21)20(28-19)29(26)8-4-7-27-2/h3,5-6,9-12H,4,7-8,21H2,1-2H3/t29-/m0/s1. The van der Waals surface area contributed by atoms with E-state index in [4.69, 9.17) is 15.5 Å². The summed E-state index contributed by atoms with van der Waals surface area (Å²) in [6.45, 7) is 0.570. The third kappa shape index (κ3) is 3.86. The van der Waals surface area contributed by atoms with Crippen LogP contribution in [-0.2, 0) is 23.0 Å². The summed E-state index contributed by atoms with van der Waals surface area (Å²) in [5, 5.41) is 0.821. The van der Waals surface area contributed by atoms with Crippen LogP contribution in [0.4, 0.5) is 5.69 Å². The molecule has 2 N–H and O–H groups in total. The van der Waals surface area contributed by atoms with Gasteiger partial charge in [0, 0.05) is 49.5 Å². The zero-order chi connectivity index (χ0) is 20.4. The van der Waals surface area contributed by atoms with Gasteiger partial charge in [0.15, 0.2) is 0 Å². The van der Waals surface area contributed by atoms with Crippen LogP contribution in [0.5, 0.6) is 0 Å². The Balaban J connectivity index is 1.89. The van der Waals surface area contributed by atoms with Gasteiger partial charge in [-0.3, -0.25) is 4.98 Å². The van der Waals surface area contributed by atoms with Crippen molar-refractivity contribution in [1.29, 1.82) is 0 Å². The Morgan fingerprint density at radius 2 is 2.17 bits per heavy atom. The molecule has 150 valence electrons. The van der Waals surface area contributed by atoms with E-state index in [1.807, 2.05) is 29.8 Å². The minimum Gasteiger partial charge on any atom is -0.611 e. The van der Waals surface area contributed by atoms with E-state index >= 15 is 0 Å².